The Morgan fingerprint density at radius 3 is 2.57 bits per heavy atom. The molecule has 0 amide bonds. The van der Waals surface area contributed by atoms with Gasteiger partial charge in [-0.3, -0.25) is 5.43 Å². The SMILES string of the molecule is CCNC(=S)N/N=C/c1c(OC(=O)c2ccc(OCC)cc2)ccc2ccccc12. The minimum Gasteiger partial charge on any atom is -0.494 e. The average Bonchev–Trinajstić information content (AvgIpc) is 2.76. The molecule has 3 aromatic carbocycles. The fourth-order valence-corrected chi connectivity index (χ4v) is 3.06. The summed E-state index contributed by atoms with van der Waals surface area (Å²) in [5.74, 6) is 0.655. The first kappa shape index (κ1) is 21.3. The molecule has 0 unspecified atom stereocenters. The van der Waals surface area contributed by atoms with E-state index >= 15 is 0 Å². The largest absolute Gasteiger partial charge is 0.494 e. The number of hydrogen-bond donors (Lipinski definition) is 2. The van der Waals surface area contributed by atoms with Gasteiger partial charge in [-0.2, -0.15) is 5.10 Å². The van der Waals surface area contributed by atoms with Crippen LogP contribution in [0.25, 0.3) is 10.8 Å². The van der Waals surface area contributed by atoms with Crippen molar-refractivity contribution >= 4 is 40.3 Å². The highest BCUT2D eigenvalue weighted by atomic mass is 32.1. The van der Waals surface area contributed by atoms with Crippen LogP contribution in [0.1, 0.15) is 29.8 Å². The number of carbonyl (C=O) groups is 1. The number of thiocarbonyl (C=S) groups is 1. The Labute approximate surface area is 180 Å². The van der Waals surface area contributed by atoms with E-state index in [1.165, 1.54) is 0 Å². The molecule has 0 atom stereocenters. The quantitative estimate of drug-likeness (QED) is 0.195. The van der Waals surface area contributed by atoms with E-state index in [9.17, 15) is 4.79 Å². The number of ether oxygens (including phenoxy) is 2. The molecule has 7 heteroatoms. The maximum Gasteiger partial charge on any atom is 0.343 e. The van der Waals surface area contributed by atoms with Crippen LogP contribution in [-0.4, -0.2) is 30.4 Å². The Kier molecular flexibility index (Phi) is 7.34. The molecule has 30 heavy (non-hydrogen) atoms. The van der Waals surface area contributed by atoms with E-state index in [1.54, 1.807) is 36.5 Å². The van der Waals surface area contributed by atoms with Gasteiger partial charge in [0.25, 0.3) is 0 Å². The van der Waals surface area contributed by atoms with Gasteiger partial charge in [0.1, 0.15) is 11.5 Å². The zero-order valence-electron chi connectivity index (χ0n) is 16.8. The lowest BCUT2D eigenvalue weighted by molar-refractivity contribution is 0.0734. The molecule has 0 aliphatic rings. The second-order valence-electron chi connectivity index (χ2n) is 6.27. The molecule has 0 heterocycles. The molecule has 6 nitrogen and oxygen atoms in total. The van der Waals surface area contributed by atoms with E-state index in [4.69, 9.17) is 21.7 Å². The summed E-state index contributed by atoms with van der Waals surface area (Å²) < 4.78 is 11.1. The molecule has 0 saturated carbocycles. The van der Waals surface area contributed by atoms with Crippen molar-refractivity contribution in [1.29, 1.82) is 0 Å². The second-order valence-corrected chi connectivity index (χ2v) is 6.68. The van der Waals surface area contributed by atoms with Gasteiger partial charge in [0, 0.05) is 12.1 Å². The van der Waals surface area contributed by atoms with E-state index in [-0.39, 0.29) is 0 Å². The third-order valence-corrected chi connectivity index (χ3v) is 4.47. The molecule has 0 spiro atoms. The summed E-state index contributed by atoms with van der Waals surface area (Å²) in [5.41, 5.74) is 3.87. The van der Waals surface area contributed by atoms with Gasteiger partial charge in [-0.1, -0.05) is 30.3 Å². The van der Waals surface area contributed by atoms with Crippen LogP contribution in [0.2, 0.25) is 0 Å². The molecule has 3 aromatic rings. The van der Waals surface area contributed by atoms with Crippen molar-refractivity contribution in [3.63, 3.8) is 0 Å². The molecule has 0 aliphatic carbocycles. The fourth-order valence-electron chi connectivity index (χ4n) is 2.87. The van der Waals surface area contributed by atoms with Crippen molar-refractivity contribution in [3.05, 3.63) is 71.8 Å². The Bertz CT molecular complexity index is 1060. The third kappa shape index (κ3) is 5.33. The third-order valence-electron chi connectivity index (χ3n) is 4.23. The van der Waals surface area contributed by atoms with Gasteiger partial charge in [-0.05, 0) is 67.2 Å². The van der Waals surface area contributed by atoms with Crippen LogP contribution in [0.3, 0.4) is 0 Å². The summed E-state index contributed by atoms with van der Waals surface area (Å²) in [6, 6.07) is 18.3. The number of hydrogen-bond acceptors (Lipinski definition) is 5. The molecule has 0 fully saturated rings. The first-order valence-electron chi connectivity index (χ1n) is 9.66. The summed E-state index contributed by atoms with van der Waals surface area (Å²) in [4.78, 5) is 12.7. The lowest BCUT2D eigenvalue weighted by Crippen LogP contribution is -2.31. The topological polar surface area (TPSA) is 72.0 Å². The minimum atomic E-state index is -0.459. The summed E-state index contributed by atoms with van der Waals surface area (Å²) in [7, 11) is 0. The molecule has 154 valence electrons. The van der Waals surface area contributed by atoms with Gasteiger partial charge in [0.2, 0.25) is 0 Å². The predicted octanol–water partition coefficient (Wildman–Crippen LogP) is 4.28. The van der Waals surface area contributed by atoms with Gasteiger partial charge in [-0.25, -0.2) is 4.79 Å². The van der Waals surface area contributed by atoms with Gasteiger partial charge in [0.05, 0.1) is 18.4 Å². The molecule has 0 radical (unpaired) electrons. The van der Waals surface area contributed by atoms with E-state index in [0.29, 0.717) is 40.9 Å². The summed E-state index contributed by atoms with van der Waals surface area (Å²) in [5, 5.41) is 9.50. The highest BCUT2D eigenvalue weighted by Crippen LogP contribution is 2.27. The van der Waals surface area contributed by atoms with Crippen LogP contribution in [-0.2, 0) is 0 Å². The van der Waals surface area contributed by atoms with Gasteiger partial charge >= 0.3 is 5.97 Å². The highest BCUT2D eigenvalue weighted by Gasteiger charge is 2.13. The number of nitrogens with one attached hydrogen (secondary N) is 2. The first-order valence-corrected chi connectivity index (χ1v) is 10.1. The molecule has 0 aromatic heterocycles. The normalized spacial score (nSPS) is 10.7. The zero-order chi connectivity index (χ0) is 21.3. The number of esters is 1. The molecule has 0 saturated heterocycles. The number of benzene rings is 3. The van der Waals surface area contributed by atoms with Crippen molar-refractivity contribution in [2.45, 2.75) is 13.8 Å². The Balaban J connectivity index is 1.87. The number of nitrogens with zero attached hydrogens (tertiary/aromatic N) is 1. The number of carbonyl (C=O) groups excluding carboxylic acids is 1. The molecule has 0 bridgehead atoms. The van der Waals surface area contributed by atoms with E-state index in [0.717, 1.165) is 10.8 Å². The summed E-state index contributed by atoms with van der Waals surface area (Å²) in [6.07, 6.45) is 1.60. The Morgan fingerprint density at radius 2 is 1.83 bits per heavy atom. The predicted molar refractivity (Wildman–Crippen MR) is 124 cm³/mol. The van der Waals surface area contributed by atoms with Crippen molar-refractivity contribution in [2.24, 2.45) is 5.10 Å². The molecule has 2 N–H and O–H groups in total. The zero-order valence-corrected chi connectivity index (χ0v) is 17.7. The van der Waals surface area contributed by atoms with Crippen molar-refractivity contribution < 1.29 is 14.3 Å². The van der Waals surface area contributed by atoms with E-state index < -0.39 is 5.97 Å². The highest BCUT2D eigenvalue weighted by molar-refractivity contribution is 7.80. The van der Waals surface area contributed by atoms with Crippen LogP contribution in [0.15, 0.2) is 65.8 Å². The van der Waals surface area contributed by atoms with Gasteiger partial charge < -0.3 is 14.8 Å². The fraction of sp³-hybridized carbons (Fsp3) is 0.174. The number of rotatable bonds is 7. The first-order chi connectivity index (χ1) is 14.6. The summed E-state index contributed by atoms with van der Waals surface area (Å²) in [6.45, 7) is 5.11. The van der Waals surface area contributed by atoms with Gasteiger partial charge in [0.15, 0.2) is 5.11 Å². The maximum absolute atomic E-state index is 12.7. The van der Waals surface area contributed by atoms with Crippen LogP contribution in [0, 0.1) is 0 Å². The molecular formula is C23H23N3O3S. The number of fused-ring (bicyclic) bond motifs is 1. The van der Waals surface area contributed by atoms with Crippen molar-refractivity contribution in [1.82, 2.24) is 10.7 Å². The van der Waals surface area contributed by atoms with Crippen LogP contribution >= 0.6 is 12.2 Å². The molecule has 3 rings (SSSR count). The lowest BCUT2D eigenvalue weighted by Gasteiger charge is -2.11. The number of hydrazone groups is 1. The molecular weight excluding hydrogens is 398 g/mol. The second kappa shape index (κ2) is 10.4. The lowest BCUT2D eigenvalue weighted by atomic mass is 10.0. The smallest absolute Gasteiger partial charge is 0.343 e. The van der Waals surface area contributed by atoms with Crippen LogP contribution in [0.5, 0.6) is 11.5 Å². The standard InChI is InChI=1S/C23H23N3O3S/c1-3-24-23(30)26-25-15-20-19-8-6-5-7-16(19)11-14-21(20)29-22(27)17-9-12-18(13-10-17)28-4-2/h5-15H,3-4H2,1-2H3,(H2,24,26,30)/b25-15+. The van der Waals surface area contributed by atoms with Crippen LogP contribution < -0.4 is 20.2 Å². The van der Waals surface area contributed by atoms with E-state index in [2.05, 4.69) is 15.8 Å². The van der Waals surface area contributed by atoms with E-state index in [1.807, 2.05) is 44.2 Å². The molecule has 0 aliphatic heterocycles. The van der Waals surface area contributed by atoms with Crippen LogP contribution in [0.4, 0.5) is 0 Å². The summed E-state index contributed by atoms with van der Waals surface area (Å²) >= 11 is 5.13. The van der Waals surface area contributed by atoms with Gasteiger partial charge in [-0.15, -0.1) is 0 Å². The van der Waals surface area contributed by atoms with Crippen molar-refractivity contribution in [2.75, 3.05) is 13.2 Å². The maximum atomic E-state index is 12.7. The Hall–Kier alpha value is -3.45. The minimum absolute atomic E-state index is 0.410. The monoisotopic (exact) mass is 421 g/mol. The van der Waals surface area contributed by atoms with Crippen molar-refractivity contribution in [3.8, 4) is 11.5 Å². The Morgan fingerprint density at radius 1 is 1.07 bits per heavy atom. The average molecular weight is 422 g/mol.